The van der Waals surface area contributed by atoms with Crippen molar-refractivity contribution in [1.82, 2.24) is 9.55 Å². The van der Waals surface area contributed by atoms with Crippen LogP contribution in [0, 0.1) is 11.7 Å². The lowest BCUT2D eigenvalue weighted by Gasteiger charge is -2.34. The van der Waals surface area contributed by atoms with Crippen LogP contribution >= 0.6 is 0 Å². The quantitative estimate of drug-likeness (QED) is 0.482. The van der Waals surface area contributed by atoms with Crippen molar-refractivity contribution in [1.29, 1.82) is 0 Å². The molecule has 2 aliphatic rings. The van der Waals surface area contributed by atoms with Crippen molar-refractivity contribution in [3.63, 3.8) is 0 Å². The van der Waals surface area contributed by atoms with E-state index in [4.69, 9.17) is 14.5 Å². The fourth-order valence-electron chi connectivity index (χ4n) is 6.05. The Morgan fingerprint density at radius 3 is 2.66 bits per heavy atom. The van der Waals surface area contributed by atoms with Crippen molar-refractivity contribution >= 4 is 28.8 Å². The summed E-state index contributed by atoms with van der Waals surface area (Å²) in [6.45, 7) is 1.96. The number of carboxylic acids is 1. The molecular formula is C28H32FN3O6. The topological polar surface area (TPSA) is 114 Å². The third-order valence-electron chi connectivity index (χ3n) is 7.94. The number of carboxylic acid groups (broad SMARTS) is 1. The smallest absolute Gasteiger partial charge is 0.414 e. The fourth-order valence-corrected chi connectivity index (χ4v) is 6.05. The van der Waals surface area contributed by atoms with E-state index in [9.17, 15) is 24.2 Å². The number of benzene rings is 2. The van der Waals surface area contributed by atoms with Crippen LogP contribution in [0.4, 0.5) is 14.9 Å². The number of imidazole rings is 1. The first-order valence-electron chi connectivity index (χ1n) is 12.9. The first-order chi connectivity index (χ1) is 18.2. The van der Waals surface area contributed by atoms with Gasteiger partial charge in [0.05, 0.1) is 36.9 Å². The minimum absolute atomic E-state index is 0.0641. The van der Waals surface area contributed by atoms with Gasteiger partial charge in [-0.3, -0.25) is 9.69 Å². The number of anilines is 1. The Labute approximate surface area is 219 Å². The van der Waals surface area contributed by atoms with Crippen LogP contribution in [0.2, 0.25) is 0 Å². The number of halogens is 1. The number of aliphatic hydroxyl groups is 1. The third kappa shape index (κ3) is 4.36. The number of aryl methyl sites for hydroxylation is 1. The molecule has 1 saturated carbocycles. The molecule has 38 heavy (non-hydrogen) atoms. The summed E-state index contributed by atoms with van der Waals surface area (Å²) in [5, 5.41) is 21.3. The minimum atomic E-state index is -1.33. The summed E-state index contributed by atoms with van der Waals surface area (Å²) >= 11 is 0. The number of aliphatic hydroxyl groups excluding tert-OH is 1. The summed E-state index contributed by atoms with van der Waals surface area (Å²) in [6.07, 6.45) is 2.01. The van der Waals surface area contributed by atoms with Crippen molar-refractivity contribution < 1.29 is 33.7 Å². The first kappa shape index (κ1) is 26.0. The maximum Gasteiger partial charge on any atom is 0.414 e. The highest BCUT2D eigenvalue weighted by Crippen LogP contribution is 2.43. The predicted octanol–water partition coefficient (Wildman–Crippen LogP) is 4.99. The molecule has 1 aliphatic carbocycles. The number of aromatic nitrogens is 2. The first-order valence-corrected chi connectivity index (χ1v) is 12.9. The van der Waals surface area contributed by atoms with Crippen molar-refractivity contribution in [2.75, 3.05) is 19.1 Å². The molecule has 1 fully saturated rings. The van der Waals surface area contributed by atoms with Crippen LogP contribution in [0.5, 0.6) is 5.75 Å². The Morgan fingerprint density at radius 2 is 1.95 bits per heavy atom. The Hall–Kier alpha value is -3.66. The van der Waals surface area contributed by atoms with E-state index >= 15 is 0 Å². The number of ether oxygens (including phenoxy) is 2. The van der Waals surface area contributed by atoms with Crippen LogP contribution in [-0.4, -0.2) is 52.1 Å². The number of carbonyl (C=O) groups excluding carboxylic acids is 1. The molecule has 10 heteroatoms. The second kappa shape index (κ2) is 10.2. The van der Waals surface area contributed by atoms with Gasteiger partial charge >= 0.3 is 12.1 Å². The van der Waals surface area contributed by atoms with Gasteiger partial charge in [-0.1, -0.05) is 6.42 Å². The largest absolute Gasteiger partial charge is 0.496 e. The molecule has 0 spiro atoms. The Morgan fingerprint density at radius 1 is 1.16 bits per heavy atom. The molecule has 0 bridgehead atoms. The Kier molecular flexibility index (Phi) is 7.00. The summed E-state index contributed by atoms with van der Waals surface area (Å²) in [4.78, 5) is 31.0. The molecule has 2 aromatic carbocycles. The van der Waals surface area contributed by atoms with Crippen molar-refractivity contribution in [2.45, 2.75) is 63.6 Å². The van der Waals surface area contributed by atoms with E-state index in [-0.39, 0.29) is 23.5 Å². The highest BCUT2D eigenvalue weighted by atomic mass is 19.1. The molecular weight excluding hydrogens is 493 g/mol. The predicted molar refractivity (Wildman–Crippen MR) is 138 cm³/mol. The lowest BCUT2D eigenvalue weighted by Crippen LogP contribution is -2.42. The third-order valence-corrected chi connectivity index (χ3v) is 7.94. The van der Waals surface area contributed by atoms with E-state index in [0.29, 0.717) is 42.6 Å². The van der Waals surface area contributed by atoms with Crippen molar-refractivity contribution in [3.05, 3.63) is 53.1 Å². The molecule has 1 amide bonds. The summed E-state index contributed by atoms with van der Waals surface area (Å²) in [6, 6.07) is 7.37. The Bertz CT molecular complexity index is 1390. The molecule has 1 aromatic heterocycles. The normalized spacial score (nSPS) is 22.1. The number of aliphatic carboxylic acids is 1. The van der Waals surface area contributed by atoms with Gasteiger partial charge < -0.3 is 24.3 Å². The summed E-state index contributed by atoms with van der Waals surface area (Å²) < 4.78 is 26.6. The van der Waals surface area contributed by atoms with Crippen LogP contribution in [0.1, 0.15) is 68.1 Å². The zero-order chi connectivity index (χ0) is 27.1. The average Bonchev–Trinajstić information content (AvgIpc) is 3.32. The summed E-state index contributed by atoms with van der Waals surface area (Å²) in [5.41, 5.74) is 3.15. The van der Waals surface area contributed by atoms with Crippen LogP contribution in [0.25, 0.3) is 11.0 Å². The van der Waals surface area contributed by atoms with Gasteiger partial charge in [-0.05, 0) is 69.4 Å². The molecule has 2 heterocycles. The van der Waals surface area contributed by atoms with E-state index in [2.05, 4.69) is 0 Å². The number of nitrogens with zero attached hydrogens (tertiary/aromatic N) is 3. The van der Waals surface area contributed by atoms with Gasteiger partial charge in [0, 0.05) is 23.2 Å². The standard InChI is InChI=1S/C28H32FN3O6/c1-15-7-9-19-21(31(15)28(36)38-3)10-11-22-24(19)30-26(25(33)20-14-17(29)8-12-23(20)37-2)32(22)18-6-4-5-16(13-18)27(34)35/h8,10-12,14-16,18,25,33H,4-7,9,13H2,1-3H3,(H,34,35)/t15-,16+,18+,25-/m0/s1. The minimum Gasteiger partial charge on any atom is -0.496 e. The monoisotopic (exact) mass is 525 g/mol. The fraction of sp³-hybridized carbons (Fsp3) is 0.464. The average molecular weight is 526 g/mol. The van der Waals surface area contributed by atoms with Crippen LogP contribution in [-0.2, 0) is 16.0 Å². The highest BCUT2D eigenvalue weighted by molar-refractivity contribution is 5.95. The molecule has 1 aliphatic heterocycles. The van der Waals surface area contributed by atoms with E-state index in [1.54, 1.807) is 4.90 Å². The number of rotatable bonds is 5. The highest BCUT2D eigenvalue weighted by Gasteiger charge is 2.36. The van der Waals surface area contributed by atoms with Gasteiger partial charge in [-0.15, -0.1) is 0 Å². The maximum atomic E-state index is 14.3. The van der Waals surface area contributed by atoms with Crippen LogP contribution in [0.3, 0.4) is 0 Å². The second-order valence-electron chi connectivity index (χ2n) is 10.1. The number of fused-ring (bicyclic) bond motifs is 3. The van der Waals surface area contributed by atoms with Gasteiger partial charge in [0.15, 0.2) is 0 Å². The summed E-state index contributed by atoms with van der Waals surface area (Å²) in [5.74, 6) is -1.26. The van der Waals surface area contributed by atoms with Crippen LogP contribution < -0.4 is 9.64 Å². The number of amides is 1. The van der Waals surface area contributed by atoms with Crippen molar-refractivity contribution in [3.8, 4) is 5.75 Å². The van der Waals surface area contributed by atoms with E-state index in [1.165, 1.54) is 32.4 Å². The number of methoxy groups -OCH3 is 2. The molecule has 9 nitrogen and oxygen atoms in total. The second-order valence-corrected chi connectivity index (χ2v) is 10.1. The molecule has 3 aromatic rings. The molecule has 5 rings (SSSR count). The van der Waals surface area contributed by atoms with E-state index < -0.39 is 29.9 Å². The molecule has 0 radical (unpaired) electrons. The van der Waals surface area contributed by atoms with E-state index in [1.807, 2.05) is 23.6 Å². The zero-order valence-corrected chi connectivity index (χ0v) is 21.7. The van der Waals surface area contributed by atoms with Crippen molar-refractivity contribution in [2.24, 2.45) is 5.92 Å². The maximum absolute atomic E-state index is 14.3. The molecule has 0 saturated heterocycles. The molecule has 2 N–H and O–H groups in total. The summed E-state index contributed by atoms with van der Waals surface area (Å²) in [7, 11) is 2.79. The number of hydrogen-bond donors (Lipinski definition) is 2. The van der Waals surface area contributed by atoms with E-state index in [0.717, 1.165) is 23.9 Å². The lowest BCUT2D eigenvalue weighted by molar-refractivity contribution is -0.143. The number of carbonyl (C=O) groups is 2. The van der Waals surface area contributed by atoms with Gasteiger partial charge in [-0.2, -0.15) is 0 Å². The molecule has 0 unspecified atom stereocenters. The zero-order valence-electron chi connectivity index (χ0n) is 21.7. The Balaban J connectivity index is 1.72. The molecule has 4 atom stereocenters. The molecule has 202 valence electrons. The van der Waals surface area contributed by atoms with Crippen LogP contribution in [0.15, 0.2) is 30.3 Å². The SMILES string of the molecule is COC(=O)N1c2ccc3c(nc([C@@H](O)c4cc(F)ccc4OC)n3[C@@H]3CCC[C@@H](C(=O)O)C3)c2CC[C@@H]1C. The van der Waals surface area contributed by atoms with Gasteiger partial charge in [0.2, 0.25) is 0 Å². The number of hydrogen-bond acceptors (Lipinski definition) is 6. The van der Waals surface area contributed by atoms with Gasteiger partial charge in [0.25, 0.3) is 0 Å². The lowest BCUT2D eigenvalue weighted by atomic mass is 9.85. The van der Waals surface area contributed by atoms with Gasteiger partial charge in [-0.25, -0.2) is 14.2 Å². The van der Waals surface area contributed by atoms with Gasteiger partial charge in [0.1, 0.15) is 23.5 Å².